The average Bonchev–Trinajstić information content (AvgIpc) is 2.94. The molecular weight excluding hydrogens is 184 g/mol. The summed E-state index contributed by atoms with van der Waals surface area (Å²) >= 11 is 0. The van der Waals surface area contributed by atoms with Crippen LogP contribution in [0.3, 0.4) is 0 Å². The number of nitrogens with one attached hydrogen (secondary N) is 1. The van der Waals surface area contributed by atoms with Crippen molar-refractivity contribution in [3.63, 3.8) is 0 Å². The van der Waals surface area contributed by atoms with Gasteiger partial charge in [-0.2, -0.15) is 0 Å². The third-order valence-corrected chi connectivity index (χ3v) is 3.45. The Bertz CT molecular complexity index is 162. The Morgan fingerprint density at radius 3 is 2.53 bits per heavy atom. The van der Waals surface area contributed by atoms with Crippen molar-refractivity contribution in [1.29, 1.82) is 0 Å². The van der Waals surface area contributed by atoms with Crippen LogP contribution >= 0.6 is 0 Å². The SMILES string of the molecule is CC(C)(CCN)CCCNCCC1CC1. The lowest BCUT2D eigenvalue weighted by Gasteiger charge is -2.23. The normalized spacial score (nSPS) is 17.0. The summed E-state index contributed by atoms with van der Waals surface area (Å²) in [6.07, 6.45) is 8.08. The highest BCUT2D eigenvalue weighted by molar-refractivity contribution is 4.74. The van der Waals surface area contributed by atoms with Crippen LogP contribution in [0, 0.1) is 11.3 Å². The van der Waals surface area contributed by atoms with Crippen molar-refractivity contribution in [1.82, 2.24) is 5.32 Å². The number of hydrogen-bond donors (Lipinski definition) is 2. The average molecular weight is 212 g/mol. The largest absolute Gasteiger partial charge is 0.330 e. The molecule has 15 heavy (non-hydrogen) atoms. The molecule has 0 aromatic carbocycles. The van der Waals surface area contributed by atoms with Gasteiger partial charge in [0, 0.05) is 0 Å². The zero-order valence-electron chi connectivity index (χ0n) is 10.5. The molecule has 0 unspecified atom stereocenters. The van der Waals surface area contributed by atoms with Crippen LogP contribution in [0.1, 0.15) is 52.4 Å². The van der Waals surface area contributed by atoms with E-state index >= 15 is 0 Å². The Balaban J connectivity index is 1.86. The summed E-state index contributed by atoms with van der Waals surface area (Å²) in [5, 5.41) is 3.54. The van der Waals surface area contributed by atoms with Gasteiger partial charge in [-0.25, -0.2) is 0 Å². The van der Waals surface area contributed by atoms with Crippen molar-refractivity contribution >= 4 is 0 Å². The first kappa shape index (κ1) is 13.0. The van der Waals surface area contributed by atoms with Crippen LogP contribution in [0.25, 0.3) is 0 Å². The quantitative estimate of drug-likeness (QED) is 0.576. The van der Waals surface area contributed by atoms with E-state index in [1.807, 2.05) is 0 Å². The van der Waals surface area contributed by atoms with Crippen molar-refractivity contribution < 1.29 is 0 Å². The molecule has 1 saturated carbocycles. The Morgan fingerprint density at radius 1 is 1.20 bits per heavy atom. The van der Waals surface area contributed by atoms with Gasteiger partial charge in [0.25, 0.3) is 0 Å². The van der Waals surface area contributed by atoms with Crippen LogP contribution in [0.5, 0.6) is 0 Å². The Hall–Kier alpha value is -0.0800. The first-order valence-corrected chi connectivity index (χ1v) is 6.55. The van der Waals surface area contributed by atoms with Gasteiger partial charge in [0.05, 0.1) is 0 Å². The van der Waals surface area contributed by atoms with Crippen LogP contribution in [-0.4, -0.2) is 19.6 Å². The summed E-state index contributed by atoms with van der Waals surface area (Å²) in [6, 6.07) is 0. The Kier molecular flexibility index (Phi) is 5.62. The van der Waals surface area contributed by atoms with Crippen molar-refractivity contribution in [2.24, 2.45) is 17.1 Å². The minimum atomic E-state index is 0.437. The maximum absolute atomic E-state index is 5.59. The fourth-order valence-electron chi connectivity index (χ4n) is 2.05. The molecule has 0 bridgehead atoms. The van der Waals surface area contributed by atoms with Gasteiger partial charge in [-0.15, -0.1) is 0 Å². The lowest BCUT2D eigenvalue weighted by molar-refractivity contribution is 0.302. The first-order chi connectivity index (χ1) is 7.14. The lowest BCUT2D eigenvalue weighted by Crippen LogP contribution is -2.21. The molecule has 0 radical (unpaired) electrons. The van der Waals surface area contributed by atoms with E-state index in [2.05, 4.69) is 19.2 Å². The van der Waals surface area contributed by atoms with Crippen molar-refractivity contribution in [2.75, 3.05) is 19.6 Å². The van der Waals surface area contributed by atoms with E-state index in [0.717, 1.165) is 18.9 Å². The van der Waals surface area contributed by atoms with Crippen LogP contribution in [0.2, 0.25) is 0 Å². The first-order valence-electron chi connectivity index (χ1n) is 6.55. The van der Waals surface area contributed by atoms with Gasteiger partial charge >= 0.3 is 0 Å². The van der Waals surface area contributed by atoms with E-state index in [0.29, 0.717) is 5.41 Å². The zero-order valence-corrected chi connectivity index (χ0v) is 10.5. The monoisotopic (exact) mass is 212 g/mol. The molecule has 2 nitrogen and oxygen atoms in total. The third kappa shape index (κ3) is 6.91. The maximum atomic E-state index is 5.59. The van der Waals surface area contributed by atoms with Crippen LogP contribution in [0.15, 0.2) is 0 Å². The van der Waals surface area contributed by atoms with Crippen LogP contribution < -0.4 is 11.1 Å². The molecule has 1 fully saturated rings. The Morgan fingerprint density at radius 2 is 1.93 bits per heavy atom. The molecule has 2 heteroatoms. The van der Waals surface area contributed by atoms with E-state index in [9.17, 15) is 0 Å². The number of hydrogen-bond acceptors (Lipinski definition) is 2. The molecule has 0 atom stereocenters. The smallest absolute Gasteiger partial charge is 0.00463 e. The lowest BCUT2D eigenvalue weighted by atomic mass is 9.84. The van der Waals surface area contributed by atoms with E-state index in [1.165, 1.54) is 45.2 Å². The molecule has 0 spiro atoms. The summed E-state index contributed by atoms with van der Waals surface area (Å²) in [6.45, 7) is 7.87. The van der Waals surface area contributed by atoms with Gasteiger partial charge in [0.15, 0.2) is 0 Å². The van der Waals surface area contributed by atoms with E-state index in [-0.39, 0.29) is 0 Å². The Labute approximate surface area is 95.0 Å². The molecule has 90 valence electrons. The molecule has 0 heterocycles. The molecule has 1 rings (SSSR count). The molecule has 3 N–H and O–H groups in total. The van der Waals surface area contributed by atoms with Gasteiger partial charge in [-0.3, -0.25) is 0 Å². The number of nitrogens with two attached hydrogens (primary N) is 1. The third-order valence-electron chi connectivity index (χ3n) is 3.45. The summed E-state index contributed by atoms with van der Waals surface area (Å²) in [7, 11) is 0. The summed E-state index contributed by atoms with van der Waals surface area (Å²) in [5.74, 6) is 1.06. The predicted octanol–water partition coefficient (Wildman–Crippen LogP) is 2.53. The highest BCUT2D eigenvalue weighted by atomic mass is 14.8. The molecule has 0 aliphatic heterocycles. The van der Waals surface area contributed by atoms with Gasteiger partial charge in [-0.1, -0.05) is 26.7 Å². The molecule has 0 aromatic rings. The van der Waals surface area contributed by atoms with Gasteiger partial charge in [0.1, 0.15) is 0 Å². The highest BCUT2D eigenvalue weighted by Gasteiger charge is 2.20. The second-order valence-corrected chi connectivity index (χ2v) is 5.79. The predicted molar refractivity (Wildman–Crippen MR) is 66.9 cm³/mol. The molecule has 0 amide bonds. The highest BCUT2D eigenvalue weighted by Crippen LogP contribution is 2.31. The van der Waals surface area contributed by atoms with E-state index in [1.54, 1.807) is 0 Å². The van der Waals surface area contributed by atoms with Crippen LogP contribution in [0.4, 0.5) is 0 Å². The summed E-state index contributed by atoms with van der Waals surface area (Å²) < 4.78 is 0. The molecule has 1 aliphatic carbocycles. The summed E-state index contributed by atoms with van der Waals surface area (Å²) in [4.78, 5) is 0. The minimum absolute atomic E-state index is 0.437. The number of rotatable bonds is 9. The fraction of sp³-hybridized carbons (Fsp3) is 1.00. The maximum Gasteiger partial charge on any atom is -0.00463 e. The topological polar surface area (TPSA) is 38.0 Å². The molecule has 0 aromatic heterocycles. The van der Waals surface area contributed by atoms with Gasteiger partial charge < -0.3 is 11.1 Å². The van der Waals surface area contributed by atoms with Crippen molar-refractivity contribution in [3.8, 4) is 0 Å². The summed E-state index contributed by atoms with van der Waals surface area (Å²) in [5.41, 5.74) is 6.03. The van der Waals surface area contributed by atoms with Gasteiger partial charge in [0.2, 0.25) is 0 Å². The van der Waals surface area contributed by atoms with E-state index in [4.69, 9.17) is 5.73 Å². The van der Waals surface area contributed by atoms with E-state index < -0.39 is 0 Å². The minimum Gasteiger partial charge on any atom is -0.330 e. The molecule has 0 saturated heterocycles. The molecule has 1 aliphatic rings. The van der Waals surface area contributed by atoms with Crippen LogP contribution in [-0.2, 0) is 0 Å². The molecular formula is C13H28N2. The van der Waals surface area contributed by atoms with Crippen molar-refractivity contribution in [2.45, 2.75) is 52.4 Å². The standard InChI is InChI=1S/C13H28N2/c1-13(2,8-9-14)7-3-10-15-11-6-12-4-5-12/h12,15H,3-11,14H2,1-2H3. The van der Waals surface area contributed by atoms with Crippen molar-refractivity contribution in [3.05, 3.63) is 0 Å². The second-order valence-electron chi connectivity index (χ2n) is 5.79. The fourth-order valence-corrected chi connectivity index (χ4v) is 2.05. The second kappa shape index (κ2) is 6.49. The zero-order chi connectivity index (χ0) is 11.1. The van der Waals surface area contributed by atoms with Gasteiger partial charge in [-0.05, 0) is 56.7 Å².